The smallest absolute Gasteiger partial charge is 0.257 e. The van der Waals surface area contributed by atoms with E-state index in [1.54, 1.807) is 18.2 Å². The van der Waals surface area contributed by atoms with Gasteiger partial charge in [0.05, 0.1) is 12.2 Å². The number of aromatic nitrogens is 1. The first kappa shape index (κ1) is 17.9. The number of nitrogens with one attached hydrogen (secondary N) is 1. The molecule has 0 atom stereocenters. The van der Waals surface area contributed by atoms with Gasteiger partial charge in [-0.05, 0) is 42.3 Å². The number of ether oxygens (including phenoxy) is 1. The molecule has 0 saturated carbocycles. The first-order chi connectivity index (χ1) is 10.0. The van der Waals surface area contributed by atoms with Gasteiger partial charge in [0.1, 0.15) is 5.82 Å². The zero-order valence-electron chi connectivity index (χ0n) is 13.1. The van der Waals surface area contributed by atoms with Gasteiger partial charge in [0, 0.05) is 36.9 Å². The molecule has 0 aromatic carbocycles. The lowest BCUT2D eigenvalue weighted by atomic mass is 10.2. The summed E-state index contributed by atoms with van der Waals surface area (Å²) in [6.45, 7) is 7.94. The summed E-state index contributed by atoms with van der Waals surface area (Å²) < 4.78 is 5.89. The highest BCUT2D eigenvalue weighted by molar-refractivity contribution is 9.10. The number of anilines is 1. The number of nitrogens with zero attached hydrogens (tertiary/aromatic N) is 2. The van der Waals surface area contributed by atoms with Crippen LogP contribution in [0.15, 0.2) is 16.7 Å². The predicted octanol–water partition coefficient (Wildman–Crippen LogP) is 3.16. The number of halogens is 1. The van der Waals surface area contributed by atoms with E-state index in [4.69, 9.17) is 4.74 Å². The van der Waals surface area contributed by atoms with Crippen molar-refractivity contribution in [3.05, 3.63) is 22.3 Å². The van der Waals surface area contributed by atoms with E-state index in [1.165, 1.54) is 0 Å². The number of hydrogen-bond acceptors (Lipinski definition) is 4. The molecule has 1 aromatic rings. The van der Waals surface area contributed by atoms with Gasteiger partial charge < -0.3 is 15.0 Å². The Hall–Kier alpha value is -1.14. The van der Waals surface area contributed by atoms with Crippen LogP contribution in [0.25, 0.3) is 0 Å². The van der Waals surface area contributed by atoms with Gasteiger partial charge in [0.15, 0.2) is 0 Å². The number of amides is 1. The minimum atomic E-state index is -0.0329. The van der Waals surface area contributed by atoms with Crippen LogP contribution in [0.2, 0.25) is 0 Å². The van der Waals surface area contributed by atoms with E-state index in [0.717, 1.165) is 17.4 Å². The van der Waals surface area contributed by atoms with Gasteiger partial charge in [-0.2, -0.15) is 0 Å². The third-order valence-electron chi connectivity index (χ3n) is 3.05. The third kappa shape index (κ3) is 5.28. The summed E-state index contributed by atoms with van der Waals surface area (Å²) in [4.78, 5) is 18.9. The molecule has 21 heavy (non-hydrogen) atoms. The molecule has 0 fully saturated rings. The Morgan fingerprint density at radius 3 is 2.81 bits per heavy atom. The lowest BCUT2D eigenvalue weighted by molar-refractivity contribution is 0.0635. The van der Waals surface area contributed by atoms with Crippen molar-refractivity contribution in [3.63, 3.8) is 0 Å². The van der Waals surface area contributed by atoms with Crippen molar-refractivity contribution in [2.75, 3.05) is 32.1 Å². The van der Waals surface area contributed by atoms with Gasteiger partial charge in [-0.15, -0.1) is 0 Å². The summed E-state index contributed by atoms with van der Waals surface area (Å²) in [7, 11) is 1.64. The fourth-order valence-corrected chi connectivity index (χ4v) is 2.26. The quantitative estimate of drug-likeness (QED) is 0.776. The number of methoxy groups -OCH3 is 1. The summed E-state index contributed by atoms with van der Waals surface area (Å²) in [5.74, 6) is 0.600. The van der Waals surface area contributed by atoms with E-state index in [-0.39, 0.29) is 11.9 Å². The maximum atomic E-state index is 12.8. The summed E-state index contributed by atoms with van der Waals surface area (Å²) in [5.41, 5.74) is 0.586. The molecule has 1 heterocycles. The molecule has 1 rings (SSSR count). The van der Waals surface area contributed by atoms with E-state index in [9.17, 15) is 4.79 Å². The lowest BCUT2D eigenvalue weighted by Gasteiger charge is -2.27. The van der Waals surface area contributed by atoms with E-state index >= 15 is 0 Å². The Balaban J connectivity index is 3.04. The van der Waals surface area contributed by atoms with Crippen molar-refractivity contribution < 1.29 is 9.53 Å². The predicted molar refractivity (Wildman–Crippen MR) is 88.8 cm³/mol. The maximum Gasteiger partial charge on any atom is 0.257 e. The fraction of sp³-hybridized carbons (Fsp3) is 0.600. The monoisotopic (exact) mass is 357 g/mol. The molecular formula is C15H24BrN3O2. The molecule has 0 radical (unpaired) electrons. The van der Waals surface area contributed by atoms with Crippen LogP contribution in [-0.2, 0) is 4.74 Å². The Bertz CT molecular complexity index is 466. The average Bonchev–Trinajstić information content (AvgIpc) is 2.45. The highest BCUT2D eigenvalue weighted by atomic mass is 79.9. The first-order valence-electron chi connectivity index (χ1n) is 7.20. The fourth-order valence-electron chi connectivity index (χ4n) is 1.93. The summed E-state index contributed by atoms with van der Waals surface area (Å²) in [6.07, 6.45) is 2.67. The summed E-state index contributed by atoms with van der Waals surface area (Å²) in [6, 6.07) is 1.92. The van der Waals surface area contributed by atoms with Gasteiger partial charge in [-0.3, -0.25) is 4.79 Å². The van der Waals surface area contributed by atoms with E-state index in [2.05, 4.69) is 33.2 Å². The molecule has 1 amide bonds. The standard InChI is InChI=1S/C15H24BrN3O2/c1-5-6-17-14-13(9-12(16)10-18-14)15(20)19(11(2)3)7-8-21-4/h9-11H,5-8H2,1-4H3,(H,17,18). The molecule has 0 unspecified atom stereocenters. The van der Waals surface area contributed by atoms with E-state index in [1.807, 2.05) is 19.9 Å². The highest BCUT2D eigenvalue weighted by Crippen LogP contribution is 2.21. The summed E-state index contributed by atoms with van der Waals surface area (Å²) >= 11 is 3.39. The molecule has 0 saturated heterocycles. The van der Waals surface area contributed by atoms with Gasteiger partial charge in [0.2, 0.25) is 0 Å². The Morgan fingerprint density at radius 2 is 2.24 bits per heavy atom. The van der Waals surface area contributed by atoms with Crippen LogP contribution < -0.4 is 5.32 Å². The van der Waals surface area contributed by atoms with E-state index in [0.29, 0.717) is 24.5 Å². The van der Waals surface area contributed by atoms with Crippen LogP contribution in [0.3, 0.4) is 0 Å². The van der Waals surface area contributed by atoms with Crippen LogP contribution in [0.4, 0.5) is 5.82 Å². The van der Waals surface area contributed by atoms with Crippen molar-refractivity contribution in [2.45, 2.75) is 33.2 Å². The molecule has 0 spiro atoms. The molecule has 5 nitrogen and oxygen atoms in total. The highest BCUT2D eigenvalue weighted by Gasteiger charge is 2.22. The largest absolute Gasteiger partial charge is 0.383 e. The van der Waals surface area contributed by atoms with Gasteiger partial charge in [0.25, 0.3) is 5.91 Å². The van der Waals surface area contributed by atoms with Crippen LogP contribution in [0.5, 0.6) is 0 Å². The second-order valence-corrected chi connectivity index (χ2v) is 5.98. The molecule has 6 heteroatoms. The molecule has 1 aromatic heterocycles. The van der Waals surface area contributed by atoms with Crippen LogP contribution >= 0.6 is 15.9 Å². The molecule has 0 aliphatic heterocycles. The Labute approximate surface area is 135 Å². The SMILES string of the molecule is CCCNc1ncc(Br)cc1C(=O)N(CCOC)C(C)C. The van der Waals surface area contributed by atoms with Crippen LogP contribution in [0.1, 0.15) is 37.6 Å². The van der Waals surface area contributed by atoms with Crippen LogP contribution in [-0.4, -0.2) is 48.6 Å². The third-order valence-corrected chi connectivity index (χ3v) is 3.48. The second kappa shape index (κ2) is 9.00. The Morgan fingerprint density at radius 1 is 1.52 bits per heavy atom. The molecule has 0 aliphatic carbocycles. The minimum absolute atomic E-state index is 0.0329. The summed E-state index contributed by atoms with van der Waals surface area (Å²) in [5, 5.41) is 3.21. The number of rotatable bonds is 8. The topological polar surface area (TPSA) is 54.5 Å². The lowest BCUT2D eigenvalue weighted by Crippen LogP contribution is -2.39. The molecule has 0 bridgehead atoms. The first-order valence-corrected chi connectivity index (χ1v) is 7.99. The number of pyridine rings is 1. The van der Waals surface area contributed by atoms with Gasteiger partial charge >= 0.3 is 0 Å². The number of carbonyl (C=O) groups is 1. The van der Waals surface area contributed by atoms with Gasteiger partial charge in [-0.25, -0.2) is 4.98 Å². The van der Waals surface area contributed by atoms with Crippen molar-refractivity contribution in [1.29, 1.82) is 0 Å². The normalized spacial score (nSPS) is 10.8. The van der Waals surface area contributed by atoms with Crippen molar-refractivity contribution in [2.24, 2.45) is 0 Å². The number of hydrogen-bond donors (Lipinski definition) is 1. The average molecular weight is 358 g/mol. The second-order valence-electron chi connectivity index (χ2n) is 5.06. The molecule has 1 N–H and O–H groups in total. The molecule has 0 aliphatic rings. The number of carbonyl (C=O) groups excluding carboxylic acids is 1. The zero-order valence-corrected chi connectivity index (χ0v) is 14.7. The van der Waals surface area contributed by atoms with Crippen LogP contribution in [0, 0.1) is 0 Å². The molecular weight excluding hydrogens is 334 g/mol. The van der Waals surface area contributed by atoms with Crippen molar-refractivity contribution in [1.82, 2.24) is 9.88 Å². The van der Waals surface area contributed by atoms with Crippen molar-refractivity contribution >= 4 is 27.7 Å². The Kier molecular flexibility index (Phi) is 7.67. The van der Waals surface area contributed by atoms with Crippen molar-refractivity contribution in [3.8, 4) is 0 Å². The molecule has 118 valence electrons. The minimum Gasteiger partial charge on any atom is -0.383 e. The maximum absolute atomic E-state index is 12.8. The zero-order chi connectivity index (χ0) is 15.8. The van der Waals surface area contributed by atoms with E-state index < -0.39 is 0 Å². The van der Waals surface area contributed by atoms with Gasteiger partial charge in [-0.1, -0.05) is 6.92 Å².